The van der Waals surface area contributed by atoms with Gasteiger partial charge in [0.1, 0.15) is 0 Å². The second-order valence-corrected chi connectivity index (χ2v) is 7.28. The largest absolute Gasteiger partial charge is 0.290 e. The van der Waals surface area contributed by atoms with Crippen molar-refractivity contribution in [1.29, 1.82) is 0 Å². The molecular formula is C20H28N4O3. The highest BCUT2D eigenvalue weighted by atomic mass is 16.2. The van der Waals surface area contributed by atoms with Crippen molar-refractivity contribution in [2.45, 2.75) is 59.9 Å². The zero-order valence-electron chi connectivity index (χ0n) is 16.5. The van der Waals surface area contributed by atoms with Crippen molar-refractivity contribution in [3.63, 3.8) is 0 Å². The summed E-state index contributed by atoms with van der Waals surface area (Å²) in [4.78, 5) is 37.5. The Kier molecular flexibility index (Phi) is 6.71. The monoisotopic (exact) mass is 372 g/mol. The number of hydrogen-bond acceptors (Lipinski definition) is 4. The zero-order valence-corrected chi connectivity index (χ0v) is 16.5. The third-order valence-corrected chi connectivity index (χ3v) is 4.84. The molecule has 0 spiro atoms. The Balaban J connectivity index is 2.33. The summed E-state index contributed by atoms with van der Waals surface area (Å²) in [5.41, 5.74) is 4.20. The maximum atomic E-state index is 12.7. The van der Waals surface area contributed by atoms with Gasteiger partial charge in [0.25, 0.3) is 11.5 Å². The van der Waals surface area contributed by atoms with Gasteiger partial charge in [0.05, 0.1) is 5.39 Å². The molecule has 27 heavy (non-hydrogen) atoms. The van der Waals surface area contributed by atoms with Crippen molar-refractivity contribution in [1.82, 2.24) is 20.6 Å². The van der Waals surface area contributed by atoms with Crippen molar-refractivity contribution in [3.8, 4) is 0 Å². The van der Waals surface area contributed by atoms with Crippen molar-refractivity contribution >= 4 is 22.6 Å². The number of carbonyl (C=O) groups is 2. The van der Waals surface area contributed by atoms with Crippen molar-refractivity contribution in [2.75, 3.05) is 0 Å². The number of fused-ring (bicyclic) bond motifs is 1. The summed E-state index contributed by atoms with van der Waals surface area (Å²) in [5.74, 6) is -0.824. The van der Waals surface area contributed by atoms with Crippen molar-refractivity contribution < 1.29 is 9.59 Å². The Morgan fingerprint density at radius 2 is 1.74 bits per heavy atom. The molecule has 2 rings (SSSR count). The first-order valence-electron chi connectivity index (χ1n) is 9.42. The third kappa shape index (κ3) is 4.72. The summed E-state index contributed by atoms with van der Waals surface area (Å²) in [6, 6.07) is 6.88. The number of nitrogens with zero attached hydrogens (tertiary/aromatic N) is 2. The van der Waals surface area contributed by atoms with E-state index < -0.39 is 11.3 Å². The lowest BCUT2D eigenvalue weighted by atomic mass is 9.90. The van der Waals surface area contributed by atoms with Crippen LogP contribution in [0.5, 0.6) is 0 Å². The van der Waals surface area contributed by atoms with Crippen LogP contribution in [0.1, 0.15) is 63.9 Å². The van der Waals surface area contributed by atoms with Gasteiger partial charge in [-0.15, -0.1) is 0 Å². The van der Waals surface area contributed by atoms with E-state index in [4.69, 9.17) is 0 Å². The molecule has 0 radical (unpaired) electrons. The number of aromatic nitrogens is 2. The molecule has 0 aliphatic heterocycles. The molecule has 2 amide bonds. The zero-order chi connectivity index (χ0) is 20.0. The lowest BCUT2D eigenvalue weighted by Crippen LogP contribution is -2.48. The Hall–Kier alpha value is -2.70. The molecule has 0 bridgehead atoms. The van der Waals surface area contributed by atoms with Crippen LogP contribution >= 0.6 is 0 Å². The minimum Gasteiger partial charge on any atom is -0.273 e. The highest BCUT2D eigenvalue weighted by Crippen LogP contribution is 2.19. The van der Waals surface area contributed by atoms with Gasteiger partial charge in [0.2, 0.25) is 5.91 Å². The van der Waals surface area contributed by atoms with Gasteiger partial charge in [-0.25, -0.2) is 4.68 Å². The van der Waals surface area contributed by atoms with Crippen LogP contribution in [0, 0.1) is 5.41 Å². The smallest absolute Gasteiger partial charge is 0.273 e. The van der Waals surface area contributed by atoms with Gasteiger partial charge in [0.15, 0.2) is 5.69 Å². The molecule has 146 valence electrons. The fraction of sp³-hybridized carbons (Fsp3) is 0.500. The predicted octanol–water partition coefficient (Wildman–Crippen LogP) is 2.78. The molecule has 0 saturated heterocycles. The molecule has 0 unspecified atom stereocenters. The number of hydrazine groups is 1. The number of benzene rings is 1. The average molecular weight is 372 g/mol. The number of rotatable bonds is 7. The predicted molar refractivity (Wildman–Crippen MR) is 105 cm³/mol. The SMILES string of the molecule is CCCCCn1nc(C(=O)NNC(=O)C(C)(C)CC)c2ccccc2c1=O. The van der Waals surface area contributed by atoms with E-state index in [1.54, 1.807) is 38.1 Å². The van der Waals surface area contributed by atoms with E-state index in [0.717, 1.165) is 19.3 Å². The summed E-state index contributed by atoms with van der Waals surface area (Å²) in [6.45, 7) is 8.04. The fourth-order valence-electron chi connectivity index (χ4n) is 2.57. The molecule has 0 aliphatic rings. The molecule has 0 fully saturated rings. The van der Waals surface area contributed by atoms with Gasteiger partial charge in [0, 0.05) is 17.3 Å². The third-order valence-electron chi connectivity index (χ3n) is 4.84. The molecule has 0 atom stereocenters. The van der Waals surface area contributed by atoms with E-state index in [0.29, 0.717) is 23.7 Å². The van der Waals surface area contributed by atoms with E-state index in [1.807, 2.05) is 6.92 Å². The average Bonchev–Trinajstić information content (AvgIpc) is 2.67. The van der Waals surface area contributed by atoms with Crippen LogP contribution in [0.2, 0.25) is 0 Å². The van der Waals surface area contributed by atoms with E-state index >= 15 is 0 Å². The van der Waals surface area contributed by atoms with Gasteiger partial charge in [-0.05, 0) is 18.9 Å². The van der Waals surface area contributed by atoms with Crippen LogP contribution in [0.15, 0.2) is 29.1 Å². The van der Waals surface area contributed by atoms with Crippen molar-refractivity contribution in [3.05, 3.63) is 40.3 Å². The molecular weight excluding hydrogens is 344 g/mol. The van der Waals surface area contributed by atoms with Crippen molar-refractivity contribution in [2.24, 2.45) is 5.41 Å². The first kappa shape index (κ1) is 20.6. The molecule has 1 heterocycles. The molecule has 1 aromatic heterocycles. The first-order chi connectivity index (χ1) is 12.8. The Morgan fingerprint density at radius 1 is 1.07 bits per heavy atom. The second kappa shape index (κ2) is 8.79. The quantitative estimate of drug-likeness (QED) is 0.577. The molecule has 0 aliphatic carbocycles. The van der Waals surface area contributed by atoms with Crippen LogP contribution < -0.4 is 16.4 Å². The van der Waals surface area contributed by atoms with Gasteiger partial charge in [-0.2, -0.15) is 5.10 Å². The summed E-state index contributed by atoms with van der Waals surface area (Å²) in [7, 11) is 0. The van der Waals surface area contributed by atoms with Crippen LogP contribution in [0.4, 0.5) is 0 Å². The maximum Gasteiger partial charge on any atom is 0.290 e. The number of carbonyl (C=O) groups excluding carboxylic acids is 2. The van der Waals surface area contributed by atoms with Crippen LogP contribution in [0.3, 0.4) is 0 Å². The van der Waals surface area contributed by atoms with Gasteiger partial charge in [-0.3, -0.25) is 25.2 Å². The van der Waals surface area contributed by atoms with Crippen LogP contribution in [0.25, 0.3) is 10.8 Å². The van der Waals surface area contributed by atoms with Crippen LogP contribution in [-0.2, 0) is 11.3 Å². The Bertz CT molecular complexity index is 886. The van der Waals surface area contributed by atoms with Gasteiger partial charge >= 0.3 is 0 Å². The molecule has 2 aromatic rings. The summed E-state index contributed by atoms with van der Waals surface area (Å²) >= 11 is 0. The minimum atomic E-state index is -0.596. The second-order valence-electron chi connectivity index (χ2n) is 7.28. The summed E-state index contributed by atoms with van der Waals surface area (Å²) in [6.07, 6.45) is 3.45. The molecule has 0 saturated carbocycles. The lowest BCUT2D eigenvalue weighted by Gasteiger charge is -2.21. The van der Waals surface area contributed by atoms with E-state index in [2.05, 4.69) is 22.9 Å². The van der Waals surface area contributed by atoms with Crippen LogP contribution in [-0.4, -0.2) is 21.6 Å². The number of hydrogen-bond donors (Lipinski definition) is 2. The molecule has 7 nitrogen and oxygen atoms in total. The number of amides is 2. The molecule has 1 aromatic carbocycles. The number of unbranched alkanes of at least 4 members (excludes halogenated alkanes) is 2. The molecule has 7 heteroatoms. The maximum absolute atomic E-state index is 12.7. The Labute approximate surface area is 159 Å². The highest BCUT2D eigenvalue weighted by Gasteiger charge is 2.26. The van der Waals surface area contributed by atoms with Gasteiger partial charge in [-0.1, -0.05) is 58.7 Å². The van der Waals surface area contributed by atoms with E-state index in [9.17, 15) is 14.4 Å². The first-order valence-corrected chi connectivity index (χ1v) is 9.42. The van der Waals surface area contributed by atoms with Gasteiger partial charge < -0.3 is 0 Å². The van der Waals surface area contributed by atoms with E-state index in [-0.39, 0.29) is 17.2 Å². The Morgan fingerprint density at radius 3 is 2.37 bits per heavy atom. The molecule has 2 N–H and O–H groups in total. The normalized spacial score (nSPS) is 11.4. The lowest BCUT2D eigenvalue weighted by molar-refractivity contribution is -0.130. The summed E-state index contributed by atoms with van der Waals surface area (Å²) in [5, 5.41) is 5.18. The highest BCUT2D eigenvalue weighted by molar-refractivity contribution is 6.05. The number of aryl methyl sites for hydroxylation is 1. The van der Waals surface area contributed by atoms with E-state index in [1.165, 1.54) is 4.68 Å². The number of nitrogens with one attached hydrogen (secondary N) is 2. The summed E-state index contributed by atoms with van der Waals surface area (Å²) < 4.78 is 1.34. The fourth-order valence-corrected chi connectivity index (χ4v) is 2.57. The topological polar surface area (TPSA) is 93.1 Å². The standard InChI is InChI=1S/C20H28N4O3/c1-5-7-10-13-24-18(26)15-12-9-8-11-14(15)16(23-24)17(25)21-22-19(27)20(3,4)6-2/h8-9,11-12H,5-7,10,13H2,1-4H3,(H,21,25)(H,22,27). The minimum absolute atomic E-state index is 0.122.